The fraction of sp³-hybridized carbons (Fsp3) is 1.00. The molecule has 0 aromatic carbocycles. The smallest absolute Gasteiger partial charge is 0.0619 e. The van der Waals surface area contributed by atoms with Crippen molar-refractivity contribution >= 4 is 0 Å². The van der Waals surface area contributed by atoms with Crippen molar-refractivity contribution in [3.8, 4) is 0 Å². The third-order valence-electron chi connectivity index (χ3n) is 2.06. The van der Waals surface area contributed by atoms with Gasteiger partial charge in [0.25, 0.3) is 0 Å². The zero-order chi connectivity index (χ0) is 10.6. The van der Waals surface area contributed by atoms with Gasteiger partial charge in [-0.1, -0.05) is 13.8 Å². The molecule has 0 aliphatic carbocycles. The first kappa shape index (κ1) is 13.9. The number of rotatable bonds is 10. The highest BCUT2D eigenvalue weighted by Crippen LogP contribution is 1.99. The molecule has 3 heteroatoms. The molecule has 1 atom stereocenters. The van der Waals surface area contributed by atoms with Crippen molar-refractivity contribution in [2.45, 2.75) is 39.2 Å². The Labute approximate surface area is 88.2 Å². The van der Waals surface area contributed by atoms with Crippen molar-refractivity contribution in [1.29, 1.82) is 0 Å². The van der Waals surface area contributed by atoms with E-state index >= 15 is 0 Å². The highest BCUT2D eigenvalue weighted by Gasteiger charge is 2.06. The molecule has 14 heavy (non-hydrogen) atoms. The Hall–Kier alpha value is -0.120. The van der Waals surface area contributed by atoms with Gasteiger partial charge in [-0.3, -0.25) is 0 Å². The van der Waals surface area contributed by atoms with Crippen molar-refractivity contribution in [2.24, 2.45) is 0 Å². The second kappa shape index (κ2) is 11.0. The fourth-order valence-corrected chi connectivity index (χ4v) is 1.38. The highest BCUT2D eigenvalue weighted by molar-refractivity contribution is 4.64. The molecule has 0 aliphatic rings. The van der Waals surface area contributed by atoms with Crippen LogP contribution in [0.25, 0.3) is 0 Å². The maximum Gasteiger partial charge on any atom is 0.0619 e. The number of hydrogen-bond acceptors (Lipinski definition) is 3. The molecule has 0 heterocycles. The lowest BCUT2D eigenvalue weighted by molar-refractivity contribution is 0.105. The predicted octanol–water partition coefficient (Wildman–Crippen LogP) is 1.82. The van der Waals surface area contributed by atoms with Gasteiger partial charge in [-0.25, -0.2) is 0 Å². The van der Waals surface area contributed by atoms with Gasteiger partial charge < -0.3 is 14.8 Å². The van der Waals surface area contributed by atoms with Gasteiger partial charge in [0.05, 0.1) is 6.61 Å². The standard InChI is InChI=1S/C11H25NO2/c1-4-8-14-10-11(12-5-2)7-6-9-13-3/h11-12H,4-10H2,1-3H3. The molecule has 0 aliphatic heterocycles. The summed E-state index contributed by atoms with van der Waals surface area (Å²) < 4.78 is 10.6. The van der Waals surface area contributed by atoms with Crippen molar-refractivity contribution in [1.82, 2.24) is 5.32 Å². The highest BCUT2D eigenvalue weighted by atomic mass is 16.5. The Morgan fingerprint density at radius 3 is 2.57 bits per heavy atom. The van der Waals surface area contributed by atoms with Crippen LogP contribution in [-0.4, -0.2) is 39.5 Å². The van der Waals surface area contributed by atoms with E-state index in [9.17, 15) is 0 Å². The lowest BCUT2D eigenvalue weighted by atomic mass is 10.2. The van der Waals surface area contributed by atoms with Crippen LogP contribution in [0.2, 0.25) is 0 Å². The third kappa shape index (κ3) is 8.48. The summed E-state index contributed by atoms with van der Waals surface area (Å²) in [5.74, 6) is 0. The third-order valence-corrected chi connectivity index (χ3v) is 2.06. The molecule has 0 saturated carbocycles. The number of ether oxygens (including phenoxy) is 2. The van der Waals surface area contributed by atoms with Gasteiger partial charge in [0, 0.05) is 26.4 Å². The number of nitrogens with one attached hydrogen (secondary N) is 1. The van der Waals surface area contributed by atoms with E-state index in [1.165, 1.54) is 0 Å². The van der Waals surface area contributed by atoms with E-state index in [2.05, 4.69) is 19.2 Å². The first-order chi connectivity index (χ1) is 6.85. The van der Waals surface area contributed by atoms with Crippen molar-refractivity contribution in [2.75, 3.05) is 33.5 Å². The topological polar surface area (TPSA) is 30.5 Å². The summed E-state index contributed by atoms with van der Waals surface area (Å²) in [5, 5.41) is 3.42. The largest absolute Gasteiger partial charge is 0.385 e. The second-order valence-corrected chi connectivity index (χ2v) is 3.46. The molecule has 1 unspecified atom stereocenters. The van der Waals surface area contributed by atoms with Crippen molar-refractivity contribution in [3.63, 3.8) is 0 Å². The Bertz CT molecular complexity index is 99.5. The number of likely N-dealkylation sites (N-methyl/N-ethyl adjacent to an activating group) is 1. The first-order valence-corrected chi connectivity index (χ1v) is 5.65. The van der Waals surface area contributed by atoms with Crippen LogP contribution in [0.1, 0.15) is 33.1 Å². The molecule has 1 N–H and O–H groups in total. The van der Waals surface area contributed by atoms with E-state index in [4.69, 9.17) is 9.47 Å². The Morgan fingerprint density at radius 2 is 2.00 bits per heavy atom. The van der Waals surface area contributed by atoms with E-state index in [1.807, 2.05) is 0 Å². The summed E-state index contributed by atoms with van der Waals surface area (Å²) in [5.41, 5.74) is 0. The van der Waals surface area contributed by atoms with Gasteiger partial charge in [-0.05, 0) is 25.8 Å². The van der Waals surface area contributed by atoms with Crippen LogP contribution in [0.4, 0.5) is 0 Å². The van der Waals surface area contributed by atoms with Crippen LogP contribution in [0.15, 0.2) is 0 Å². The predicted molar refractivity (Wildman–Crippen MR) is 59.7 cm³/mol. The van der Waals surface area contributed by atoms with Gasteiger partial charge in [0.1, 0.15) is 0 Å². The molecule has 0 rings (SSSR count). The van der Waals surface area contributed by atoms with E-state index in [1.54, 1.807) is 7.11 Å². The van der Waals surface area contributed by atoms with Crippen molar-refractivity contribution < 1.29 is 9.47 Å². The summed E-state index contributed by atoms with van der Waals surface area (Å²) in [6.45, 7) is 7.80. The molecule has 0 bridgehead atoms. The maximum atomic E-state index is 5.52. The van der Waals surface area contributed by atoms with Gasteiger partial charge in [0.15, 0.2) is 0 Å². The van der Waals surface area contributed by atoms with E-state index in [0.29, 0.717) is 6.04 Å². The minimum absolute atomic E-state index is 0.488. The van der Waals surface area contributed by atoms with E-state index in [0.717, 1.165) is 45.6 Å². The Kier molecular flexibility index (Phi) is 10.9. The van der Waals surface area contributed by atoms with Crippen molar-refractivity contribution in [3.05, 3.63) is 0 Å². The molecule has 0 saturated heterocycles. The molecule has 0 amide bonds. The van der Waals surface area contributed by atoms with Gasteiger partial charge in [-0.2, -0.15) is 0 Å². The maximum absolute atomic E-state index is 5.52. The lowest BCUT2D eigenvalue weighted by Crippen LogP contribution is -2.33. The molecule has 0 aromatic rings. The quantitative estimate of drug-likeness (QED) is 0.549. The average Bonchev–Trinajstić information content (AvgIpc) is 2.18. The summed E-state index contributed by atoms with van der Waals surface area (Å²) in [6.07, 6.45) is 3.33. The minimum atomic E-state index is 0.488. The molecule has 3 nitrogen and oxygen atoms in total. The van der Waals surface area contributed by atoms with Gasteiger partial charge in [-0.15, -0.1) is 0 Å². The molecule has 86 valence electrons. The van der Waals surface area contributed by atoms with E-state index < -0.39 is 0 Å². The SMILES string of the molecule is CCCOCC(CCCOC)NCC. The zero-order valence-corrected chi connectivity index (χ0v) is 9.84. The number of methoxy groups -OCH3 is 1. The van der Waals surface area contributed by atoms with Gasteiger partial charge >= 0.3 is 0 Å². The fourth-order valence-electron chi connectivity index (χ4n) is 1.38. The second-order valence-electron chi connectivity index (χ2n) is 3.46. The summed E-state index contributed by atoms with van der Waals surface area (Å²) in [4.78, 5) is 0. The van der Waals surface area contributed by atoms with Crippen LogP contribution in [0.3, 0.4) is 0 Å². The zero-order valence-electron chi connectivity index (χ0n) is 9.84. The molecular formula is C11H25NO2. The number of hydrogen-bond donors (Lipinski definition) is 1. The van der Waals surface area contributed by atoms with Crippen LogP contribution in [0.5, 0.6) is 0 Å². The molecule has 0 radical (unpaired) electrons. The molecule has 0 fully saturated rings. The summed E-state index contributed by atoms with van der Waals surface area (Å²) in [6, 6.07) is 0.488. The summed E-state index contributed by atoms with van der Waals surface area (Å²) >= 11 is 0. The van der Waals surface area contributed by atoms with Crippen LogP contribution >= 0.6 is 0 Å². The molecule has 0 aromatic heterocycles. The first-order valence-electron chi connectivity index (χ1n) is 5.65. The lowest BCUT2D eigenvalue weighted by Gasteiger charge is -2.17. The normalized spacial score (nSPS) is 13.1. The monoisotopic (exact) mass is 203 g/mol. The average molecular weight is 203 g/mol. The molecular weight excluding hydrogens is 178 g/mol. The van der Waals surface area contributed by atoms with Crippen LogP contribution < -0.4 is 5.32 Å². The summed E-state index contributed by atoms with van der Waals surface area (Å²) in [7, 11) is 1.75. The van der Waals surface area contributed by atoms with Gasteiger partial charge in [0.2, 0.25) is 0 Å². The van der Waals surface area contributed by atoms with Crippen LogP contribution in [0, 0.1) is 0 Å². The Morgan fingerprint density at radius 1 is 1.21 bits per heavy atom. The minimum Gasteiger partial charge on any atom is -0.385 e. The van der Waals surface area contributed by atoms with Crippen LogP contribution in [-0.2, 0) is 9.47 Å². The van der Waals surface area contributed by atoms with E-state index in [-0.39, 0.29) is 0 Å². The Balaban J connectivity index is 3.44. The molecule has 0 spiro atoms.